The first kappa shape index (κ1) is 14.2. The Kier molecular flexibility index (Phi) is 4.57. The quantitative estimate of drug-likeness (QED) is 0.375. The molecule has 0 bridgehead atoms. The standard InChI is InChI=1S/C9H10N4O6/c10-9(16)19-2-1-11-7-6(8(14)15)3-5(4-12-7)13(17)18/h3-4H,1-2H2,(H2,10,16)(H,11,12)(H,14,15). The number of primary amides is 1. The van der Waals surface area contributed by atoms with Crippen molar-refractivity contribution >= 4 is 23.6 Å². The van der Waals surface area contributed by atoms with Crippen molar-refractivity contribution in [3.05, 3.63) is 27.9 Å². The molecule has 0 aromatic carbocycles. The monoisotopic (exact) mass is 270 g/mol. The summed E-state index contributed by atoms with van der Waals surface area (Å²) in [6, 6.07) is 0.882. The van der Waals surface area contributed by atoms with Crippen LogP contribution in [0.25, 0.3) is 0 Å². The van der Waals surface area contributed by atoms with Gasteiger partial charge in [0.2, 0.25) is 0 Å². The fourth-order valence-corrected chi connectivity index (χ4v) is 1.18. The number of anilines is 1. The van der Waals surface area contributed by atoms with Crippen LogP contribution in [-0.4, -0.2) is 40.2 Å². The molecule has 0 atom stereocenters. The fraction of sp³-hybridized carbons (Fsp3) is 0.222. The third-order valence-corrected chi connectivity index (χ3v) is 1.95. The van der Waals surface area contributed by atoms with Crippen LogP contribution in [0, 0.1) is 10.1 Å². The average Bonchev–Trinajstić information content (AvgIpc) is 2.34. The number of carboxylic acids is 1. The smallest absolute Gasteiger partial charge is 0.404 e. The van der Waals surface area contributed by atoms with E-state index in [9.17, 15) is 19.7 Å². The molecule has 0 aliphatic rings. The number of nitrogens with two attached hydrogens (primary N) is 1. The van der Waals surface area contributed by atoms with Crippen molar-refractivity contribution < 1.29 is 24.4 Å². The normalized spacial score (nSPS) is 9.68. The first-order chi connectivity index (χ1) is 8.91. The van der Waals surface area contributed by atoms with E-state index in [0.717, 1.165) is 12.3 Å². The van der Waals surface area contributed by atoms with Gasteiger partial charge in [-0.25, -0.2) is 14.6 Å². The molecule has 4 N–H and O–H groups in total. The molecular weight excluding hydrogens is 260 g/mol. The second kappa shape index (κ2) is 6.14. The van der Waals surface area contributed by atoms with Crippen LogP contribution in [0.15, 0.2) is 12.3 Å². The van der Waals surface area contributed by atoms with Gasteiger partial charge in [0.15, 0.2) is 0 Å². The zero-order valence-corrected chi connectivity index (χ0v) is 9.53. The zero-order valence-electron chi connectivity index (χ0n) is 9.53. The van der Waals surface area contributed by atoms with Crippen molar-refractivity contribution in [3.63, 3.8) is 0 Å². The molecule has 0 saturated heterocycles. The number of pyridine rings is 1. The van der Waals surface area contributed by atoms with Gasteiger partial charge in [-0.3, -0.25) is 10.1 Å². The lowest BCUT2D eigenvalue weighted by Gasteiger charge is -2.08. The highest BCUT2D eigenvalue weighted by molar-refractivity contribution is 5.93. The fourth-order valence-electron chi connectivity index (χ4n) is 1.18. The molecule has 0 unspecified atom stereocenters. The summed E-state index contributed by atoms with van der Waals surface area (Å²) in [5, 5.41) is 22.0. The minimum absolute atomic E-state index is 0.0635. The molecule has 0 saturated carbocycles. The molecule has 0 fully saturated rings. The highest BCUT2D eigenvalue weighted by Crippen LogP contribution is 2.18. The molecule has 102 valence electrons. The molecule has 0 radical (unpaired) electrons. The maximum Gasteiger partial charge on any atom is 0.404 e. The van der Waals surface area contributed by atoms with Gasteiger partial charge < -0.3 is 20.9 Å². The topological polar surface area (TPSA) is 158 Å². The summed E-state index contributed by atoms with van der Waals surface area (Å²) in [4.78, 5) is 34.6. The minimum Gasteiger partial charge on any atom is -0.478 e. The van der Waals surface area contributed by atoms with Crippen molar-refractivity contribution in [1.29, 1.82) is 0 Å². The van der Waals surface area contributed by atoms with Gasteiger partial charge in [-0.2, -0.15) is 0 Å². The molecule has 1 aromatic rings. The molecule has 1 aromatic heterocycles. The number of rotatable bonds is 6. The lowest BCUT2D eigenvalue weighted by atomic mass is 10.2. The van der Waals surface area contributed by atoms with Crippen LogP contribution in [0.1, 0.15) is 10.4 Å². The van der Waals surface area contributed by atoms with E-state index in [1.165, 1.54) is 0 Å². The van der Waals surface area contributed by atoms with Crippen molar-refractivity contribution in [1.82, 2.24) is 4.98 Å². The summed E-state index contributed by atoms with van der Waals surface area (Å²) in [6.45, 7) is -0.0267. The first-order valence-electron chi connectivity index (χ1n) is 4.95. The number of nitrogens with one attached hydrogen (secondary N) is 1. The highest BCUT2D eigenvalue weighted by Gasteiger charge is 2.17. The maximum atomic E-state index is 10.9. The predicted octanol–water partition coefficient (Wildman–Crippen LogP) is 0.195. The number of hydrogen-bond acceptors (Lipinski definition) is 7. The zero-order chi connectivity index (χ0) is 14.4. The Morgan fingerprint density at radius 3 is 2.79 bits per heavy atom. The van der Waals surface area contributed by atoms with E-state index in [1.807, 2.05) is 0 Å². The Morgan fingerprint density at radius 1 is 1.58 bits per heavy atom. The van der Waals surface area contributed by atoms with Gasteiger partial charge in [0.1, 0.15) is 24.2 Å². The number of nitro groups is 1. The lowest BCUT2D eigenvalue weighted by molar-refractivity contribution is -0.385. The molecule has 1 rings (SSSR count). The number of amides is 1. The summed E-state index contributed by atoms with van der Waals surface area (Å²) in [6.07, 6.45) is -0.0408. The van der Waals surface area contributed by atoms with Gasteiger partial charge in [0.25, 0.3) is 5.69 Å². The molecule has 0 aliphatic carbocycles. The summed E-state index contributed by atoms with van der Waals surface area (Å²) in [5.41, 5.74) is 3.94. The van der Waals surface area contributed by atoms with Crippen molar-refractivity contribution in [3.8, 4) is 0 Å². The third-order valence-electron chi connectivity index (χ3n) is 1.95. The maximum absolute atomic E-state index is 10.9. The van der Waals surface area contributed by atoms with E-state index < -0.39 is 22.7 Å². The van der Waals surface area contributed by atoms with Crippen LogP contribution >= 0.6 is 0 Å². The van der Waals surface area contributed by atoms with Gasteiger partial charge >= 0.3 is 12.1 Å². The van der Waals surface area contributed by atoms with Crippen LogP contribution in [-0.2, 0) is 4.74 Å². The van der Waals surface area contributed by atoms with E-state index in [0.29, 0.717) is 0 Å². The number of aromatic carboxylic acids is 1. The number of carboxylic acid groups (broad SMARTS) is 1. The summed E-state index contributed by atoms with van der Waals surface area (Å²) < 4.78 is 4.42. The average molecular weight is 270 g/mol. The molecule has 19 heavy (non-hydrogen) atoms. The van der Waals surface area contributed by atoms with E-state index in [2.05, 4.69) is 15.0 Å². The predicted molar refractivity (Wildman–Crippen MR) is 61.9 cm³/mol. The molecule has 10 heteroatoms. The summed E-state index contributed by atoms with van der Waals surface area (Å²) in [7, 11) is 0. The van der Waals surface area contributed by atoms with Crippen LogP contribution in [0.4, 0.5) is 16.3 Å². The second-order valence-corrected chi connectivity index (χ2v) is 3.25. The molecular formula is C9H10N4O6. The number of hydrogen-bond donors (Lipinski definition) is 3. The second-order valence-electron chi connectivity index (χ2n) is 3.25. The van der Waals surface area contributed by atoms with Gasteiger partial charge in [-0.1, -0.05) is 0 Å². The Labute approximate surface area is 106 Å². The molecule has 1 heterocycles. The SMILES string of the molecule is NC(=O)OCCNc1ncc([N+](=O)[O-])cc1C(=O)O. The van der Waals surface area contributed by atoms with E-state index >= 15 is 0 Å². The number of ether oxygens (including phenoxy) is 1. The minimum atomic E-state index is -1.37. The van der Waals surface area contributed by atoms with Crippen molar-refractivity contribution in [2.45, 2.75) is 0 Å². The van der Waals surface area contributed by atoms with E-state index in [4.69, 9.17) is 10.8 Å². The van der Waals surface area contributed by atoms with Crippen LogP contribution < -0.4 is 11.1 Å². The van der Waals surface area contributed by atoms with Crippen molar-refractivity contribution in [2.75, 3.05) is 18.5 Å². The summed E-state index contributed by atoms with van der Waals surface area (Å²) >= 11 is 0. The Hall–Kier alpha value is -2.91. The Morgan fingerprint density at radius 2 is 2.26 bits per heavy atom. The Bertz CT molecular complexity index is 517. The largest absolute Gasteiger partial charge is 0.478 e. The molecule has 10 nitrogen and oxygen atoms in total. The number of carbonyl (C=O) groups excluding carboxylic acids is 1. The van der Waals surface area contributed by atoms with E-state index in [-0.39, 0.29) is 24.5 Å². The van der Waals surface area contributed by atoms with E-state index in [1.54, 1.807) is 0 Å². The van der Waals surface area contributed by atoms with Gasteiger partial charge in [-0.15, -0.1) is 0 Å². The van der Waals surface area contributed by atoms with Gasteiger partial charge in [0.05, 0.1) is 11.5 Å². The van der Waals surface area contributed by atoms with Gasteiger partial charge in [-0.05, 0) is 0 Å². The van der Waals surface area contributed by atoms with Crippen LogP contribution in [0.3, 0.4) is 0 Å². The number of nitrogens with zero attached hydrogens (tertiary/aromatic N) is 2. The molecule has 1 amide bonds. The van der Waals surface area contributed by atoms with Crippen molar-refractivity contribution in [2.24, 2.45) is 5.73 Å². The molecule has 0 aliphatic heterocycles. The van der Waals surface area contributed by atoms with Crippen LogP contribution in [0.2, 0.25) is 0 Å². The van der Waals surface area contributed by atoms with Gasteiger partial charge in [0, 0.05) is 6.07 Å². The summed E-state index contributed by atoms with van der Waals surface area (Å²) in [5.74, 6) is -1.43. The third kappa shape index (κ3) is 4.11. The lowest BCUT2D eigenvalue weighted by Crippen LogP contribution is -2.19. The first-order valence-corrected chi connectivity index (χ1v) is 4.95. The molecule has 0 spiro atoms. The number of carbonyl (C=O) groups is 2. The highest BCUT2D eigenvalue weighted by atomic mass is 16.6. The number of aromatic nitrogens is 1. The Balaban J connectivity index is 2.79. The van der Waals surface area contributed by atoms with Crippen LogP contribution in [0.5, 0.6) is 0 Å².